The summed E-state index contributed by atoms with van der Waals surface area (Å²) in [5.41, 5.74) is 0.156. The van der Waals surface area contributed by atoms with Gasteiger partial charge in [-0.1, -0.05) is 0 Å². The molecule has 14 nitrogen and oxygen atoms in total. The predicted molar refractivity (Wildman–Crippen MR) is 110 cm³/mol. The van der Waals surface area contributed by atoms with Crippen LogP contribution >= 0.6 is 0 Å². The molecule has 0 heterocycles. The lowest BCUT2D eigenvalue weighted by Crippen LogP contribution is -2.14. The van der Waals surface area contributed by atoms with Gasteiger partial charge in [-0.05, 0) is 23.3 Å². The first-order valence-electron chi connectivity index (χ1n) is 9.97. The molecule has 0 fully saturated rings. The van der Waals surface area contributed by atoms with E-state index in [-0.39, 0.29) is 89.1 Å². The molecule has 0 saturated carbocycles. The van der Waals surface area contributed by atoms with Crippen molar-refractivity contribution in [3.05, 3.63) is 34.4 Å². The van der Waals surface area contributed by atoms with Gasteiger partial charge in [0.05, 0.1) is 50.8 Å². The van der Waals surface area contributed by atoms with Gasteiger partial charge in [-0.2, -0.15) is 0 Å². The molecular weight excluding hydrogens is 464 g/mol. The second kappa shape index (κ2) is 19.1. The summed E-state index contributed by atoms with van der Waals surface area (Å²) in [5.74, 6) is -2.58. The molecule has 0 radical (unpaired) electrons. The third-order valence-electron chi connectivity index (χ3n) is 3.90. The summed E-state index contributed by atoms with van der Waals surface area (Å²) >= 11 is 0. The smallest absolute Gasteiger partial charge is 0.336 e. The lowest BCUT2D eigenvalue weighted by Gasteiger charge is -2.14. The molecule has 1 rings (SSSR count). The molecule has 1 aromatic carbocycles. The summed E-state index contributed by atoms with van der Waals surface area (Å²) in [6.07, 6.45) is 0. The monoisotopic (exact) mass is 494 g/mol. The molecule has 0 bridgehead atoms. The minimum atomic E-state index is -1.29. The van der Waals surface area contributed by atoms with Crippen LogP contribution < -0.4 is 0 Å². The van der Waals surface area contributed by atoms with Crippen LogP contribution in [-0.2, 0) is 51.1 Å². The number of ether oxygens (including phenoxy) is 8. The molecule has 0 aliphatic heterocycles. The number of carboxylic acid groups (broad SMARTS) is 2. The first-order valence-corrected chi connectivity index (χ1v) is 9.97. The highest BCUT2D eigenvalue weighted by Gasteiger charge is 2.19. The highest BCUT2D eigenvalue weighted by atomic mass is 16.8. The fourth-order valence-corrected chi connectivity index (χ4v) is 2.43. The Bertz CT molecular complexity index is 656. The van der Waals surface area contributed by atoms with Crippen LogP contribution in [0.4, 0.5) is 0 Å². The van der Waals surface area contributed by atoms with Gasteiger partial charge in [-0.3, -0.25) is 0 Å². The van der Waals surface area contributed by atoms with E-state index in [1.54, 1.807) is 0 Å². The lowest BCUT2D eigenvalue weighted by atomic mass is 9.99. The van der Waals surface area contributed by atoms with E-state index in [2.05, 4.69) is 9.47 Å². The van der Waals surface area contributed by atoms with Gasteiger partial charge in [0.15, 0.2) is 13.6 Å². The standard InChI is InChI=1S/C20H30O14/c21-9-31-13-33-11-29-3-1-27-7-15-5-16(18(20(25)26)6-17(15)19(23)24)8-28-2-4-30-12-34-14-32-10-22/h5-6,21-22H,1-4,7-14H2,(H,23,24)(H,25,26). The van der Waals surface area contributed by atoms with Crippen molar-refractivity contribution in [2.24, 2.45) is 0 Å². The summed E-state index contributed by atoms with van der Waals surface area (Å²) in [4.78, 5) is 23.2. The average molecular weight is 494 g/mol. The maximum Gasteiger partial charge on any atom is 0.336 e. The van der Waals surface area contributed by atoms with Crippen molar-refractivity contribution in [2.45, 2.75) is 13.2 Å². The Labute approximate surface area is 195 Å². The van der Waals surface area contributed by atoms with E-state index in [4.69, 9.17) is 38.6 Å². The molecule has 194 valence electrons. The van der Waals surface area contributed by atoms with Crippen molar-refractivity contribution in [1.29, 1.82) is 0 Å². The molecular formula is C20H30O14. The van der Waals surface area contributed by atoms with Crippen LogP contribution in [0.25, 0.3) is 0 Å². The number of rotatable bonds is 22. The van der Waals surface area contributed by atoms with Gasteiger partial charge >= 0.3 is 11.9 Å². The summed E-state index contributed by atoms with van der Waals surface area (Å²) < 4.78 is 40.0. The quantitative estimate of drug-likeness (QED) is 0.124. The van der Waals surface area contributed by atoms with Crippen LogP contribution in [0.3, 0.4) is 0 Å². The molecule has 0 unspecified atom stereocenters. The van der Waals surface area contributed by atoms with Crippen LogP contribution in [0.1, 0.15) is 31.8 Å². The van der Waals surface area contributed by atoms with E-state index in [0.29, 0.717) is 0 Å². The van der Waals surface area contributed by atoms with E-state index in [1.807, 2.05) is 0 Å². The fraction of sp³-hybridized carbons (Fsp3) is 0.600. The van der Waals surface area contributed by atoms with Crippen LogP contribution in [0.15, 0.2) is 12.1 Å². The number of carbonyl (C=O) groups is 2. The normalized spacial score (nSPS) is 11.1. The van der Waals surface area contributed by atoms with Gasteiger partial charge in [-0.15, -0.1) is 0 Å². The summed E-state index contributed by atoms with van der Waals surface area (Å²) in [6, 6.07) is 2.48. The zero-order chi connectivity index (χ0) is 25.0. The number of aliphatic hydroxyl groups excluding tert-OH is 2. The Morgan fingerprint density at radius 3 is 1.32 bits per heavy atom. The maximum atomic E-state index is 11.6. The fourth-order valence-electron chi connectivity index (χ4n) is 2.43. The van der Waals surface area contributed by atoms with E-state index < -0.39 is 25.5 Å². The van der Waals surface area contributed by atoms with Crippen LogP contribution in [0, 0.1) is 0 Å². The van der Waals surface area contributed by atoms with Crippen molar-refractivity contribution >= 4 is 11.9 Å². The minimum Gasteiger partial charge on any atom is -0.478 e. The molecule has 1 aromatic rings. The summed E-state index contributed by atoms with van der Waals surface area (Å²) in [5, 5.41) is 35.8. The SMILES string of the molecule is O=C(O)c1cc(C(=O)O)c(COCCOCOCOCO)cc1COCCOCOCOCO. The molecule has 0 amide bonds. The van der Waals surface area contributed by atoms with E-state index in [9.17, 15) is 19.8 Å². The summed E-state index contributed by atoms with van der Waals surface area (Å²) in [6.45, 7) is -0.973. The Morgan fingerprint density at radius 1 is 0.559 bits per heavy atom. The molecule has 0 atom stereocenters. The van der Waals surface area contributed by atoms with Crippen LogP contribution in [-0.4, -0.2) is 99.5 Å². The third-order valence-corrected chi connectivity index (χ3v) is 3.90. The van der Waals surface area contributed by atoms with Gasteiger partial charge in [0.2, 0.25) is 0 Å². The zero-order valence-electron chi connectivity index (χ0n) is 18.5. The van der Waals surface area contributed by atoms with Crippen molar-refractivity contribution in [3.8, 4) is 0 Å². The predicted octanol–water partition coefficient (Wildman–Crippen LogP) is -0.0546. The topological polar surface area (TPSA) is 189 Å². The van der Waals surface area contributed by atoms with Crippen LogP contribution in [0.2, 0.25) is 0 Å². The minimum absolute atomic E-state index is 0.0786. The number of hydrogen-bond acceptors (Lipinski definition) is 12. The van der Waals surface area contributed by atoms with Gasteiger partial charge in [-0.25, -0.2) is 9.59 Å². The van der Waals surface area contributed by atoms with Gasteiger partial charge in [0.1, 0.15) is 27.2 Å². The Kier molecular flexibility index (Phi) is 16.7. The number of aromatic carboxylic acids is 2. The first kappa shape index (κ1) is 29.8. The van der Waals surface area contributed by atoms with Crippen molar-refractivity contribution < 1.29 is 67.9 Å². The van der Waals surface area contributed by atoms with Crippen molar-refractivity contribution in [2.75, 3.05) is 67.2 Å². The molecule has 0 aromatic heterocycles. The number of aliphatic hydroxyl groups is 2. The van der Waals surface area contributed by atoms with E-state index in [0.717, 1.165) is 6.07 Å². The van der Waals surface area contributed by atoms with E-state index in [1.165, 1.54) is 6.07 Å². The maximum absolute atomic E-state index is 11.6. The summed E-state index contributed by atoms with van der Waals surface area (Å²) in [7, 11) is 0. The first-order chi connectivity index (χ1) is 16.5. The van der Waals surface area contributed by atoms with Crippen molar-refractivity contribution in [1.82, 2.24) is 0 Å². The number of carboxylic acids is 2. The third kappa shape index (κ3) is 12.9. The molecule has 14 heteroatoms. The Morgan fingerprint density at radius 2 is 0.941 bits per heavy atom. The van der Waals surface area contributed by atoms with Gasteiger partial charge in [0.25, 0.3) is 0 Å². The van der Waals surface area contributed by atoms with E-state index >= 15 is 0 Å². The van der Waals surface area contributed by atoms with Crippen LogP contribution in [0.5, 0.6) is 0 Å². The molecule has 34 heavy (non-hydrogen) atoms. The molecule has 4 N–H and O–H groups in total. The largest absolute Gasteiger partial charge is 0.478 e. The zero-order valence-corrected chi connectivity index (χ0v) is 18.5. The molecule has 0 aliphatic carbocycles. The van der Waals surface area contributed by atoms with Gasteiger partial charge < -0.3 is 58.3 Å². The second-order valence-corrected chi connectivity index (χ2v) is 6.24. The lowest BCUT2D eigenvalue weighted by molar-refractivity contribution is -0.161. The molecule has 0 saturated heterocycles. The Balaban J connectivity index is 2.55. The second-order valence-electron chi connectivity index (χ2n) is 6.24. The van der Waals surface area contributed by atoms with Crippen molar-refractivity contribution in [3.63, 3.8) is 0 Å². The Hall–Kier alpha value is -2.24. The van der Waals surface area contributed by atoms with Gasteiger partial charge in [0, 0.05) is 0 Å². The highest BCUT2D eigenvalue weighted by Crippen LogP contribution is 2.20. The molecule has 0 spiro atoms. The number of benzene rings is 1. The molecule has 0 aliphatic rings. The average Bonchev–Trinajstić information content (AvgIpc) is 2.81. The number of hydrogen-bond donors (Lipinski definition) is 4. The highest BCUT2D eigenvalue weighted by molar-refractivity contribution is 5.96.